The van der Waals surface area contributed by atoms with E-state index >= 15 is 0 Å². The summed E-state index contributed by atoms with van der Waals surface area (Å²) in [5.74, 6) is 0.816. The van der Waals surface area contributed by atoms with Crippen molar-refractivity contribution in [2.24, 2.45) is 5.92 Å². The molecule has 5 heterocycles. The van der Waals surface area contributed by atoms with Crippen LogP contribution in [0.1, 0.15) is 32.1 Å². The van der Waals surface area contributed by atoms with Gasteiger partial charge in [0, 0.05) is 38.8 Å². The van der Waals surface area contributed by atoms with Crippen molar-refractivity contribution in [3.8, 4) is 0 Å². The summed E-state index contributed by atoms with van der Waals surface area (Å²) in [5.41, 5.74) is -0.307. The Balaban J connectivity index is 1.41. The average molecular weight is 455 g/mol. The first-order chi connectivity index (χ1) is 15.3. The van der Waals surface area contributed by atoms with E-state index in [1.165, 1.54) is 15.5 Å². The Bertz CT molecular complexity index is 915. The second kappa shape index (κ2) is 8.24. The first-order valence-electron chi connectivity index (χ1n) is 11.4. The monoisotopic (exact) mass is 455 g/mol. The molecule has 0 spiro atoms. The van der Waals surface area contributed by atoms with Gasteiger partial charge in [-0.05, 0) is 38.0 Å². The van der Waals surface area contributed by atoms with Crippen LogP contribution in [0.4, 0.5) is 24.9 Å². The van der Waals surface area contributed by atoms with Gasteiger partial charge in [-0.3, -0.25) is 14.2 Å². The number of nitrogens with zero attached hydrogens (tertiary/aromatic N) is 5. The molecule has 1 aromatic heterocycles. The Morgan fingerprint density at radius 3 is 2.59 bits per heavy atom. The Morgan fingerprint density at radius 1 is 1.19 bits per heavy atom. The van der Waals surface area contributed by atoms with E-state index < -0.39 is 12.2 Å². The van der Waals surface area contributed by atoms with Crippen LogP contribution < -0.4 is 15.4 Å². The Labute approximate surface area is 183 Å². The van der Waals surface area contributed by atoms with Crippen molar-refractivity contribution < 1.29 is 22.7 Å². The van der Waals surface area contributed by atoms with Crippen molar-refractivity contribution in [1.82, 2.24) is 14.5 Å². The molecule has 0 radical (unpaired) electrons. The number of fused-ring (bicyclic) bond motifs is 3. The molecule has 0 N–H and O–H groups in total. The summed E-state index contributed by atoms with van der Waals surface area (Å²) in [6.45, 7) is 2.62. The zero-order valence-corrected chi connectivity index (χ0v) is 17.8. The minimum atomic E-state index is -4.40. The highest BCUT2D eigenvalue weighted by Crippen LogP contribution is 2.37. The van der Waals surface area contributed by atoms with E-state index in [2.05, 4.69) is 4.98 Å². The minimum absolute atomic E-state index is 0.00894. The van der Waals surface area contributed by atoms with E-state index in [0.717, 1.165) is 25.7 Å². The maximum Gasteiger partial charge on any atom is 0.408 e. The lowest BCUT2D eigenvalue weighted by molar-refractivity contribution is -0.152. The van der Waals surface area contributed by atoms with Crippen LogP contribution in [0, 0.1) is 5.92 Å². The van der Waals surface area contributed by atoms with Crippen LogP contribution >= 0.6 is 0 Å². The number of rotatable bonds is 5. The zero-order valence-electron chi connectivity index (χ0n) is 17.8. The number of carbonyl (C=O) groups is 1. The second-order valence-corrected chi connectivity index (χ2v) is 9.31. The van der Waals surface area contributed by atoms with Crippen LogP contribution in [0.25, 0.3) is 0 Å². The lowest BCUT2D eigenvalue weighted by Crippen LogP contribution is -2.53. The van der Waals surface area contributed by atoms with Gasteiger partial charge >= 0.3 is 6.18 Å². The lowest BCUT2D eigenvalue weighted by atomic mass is 9.93. The van der Waals surface area contributed by atoms with Crippen LogP contribution in [0.3, 0.4) is 0 Å². The third-order valence-corrected chi connectivity index (χ3v) is 7.38. The van der Waals surface area contributed by atoms with Gasteiger partial charge in [-0.15, -0.1) is 0 Å². The first kappa shape index (κ1) is 21.5. The molecule has 11 heteroatoms. The summed E-state index contributed by atoms with van der Waals surface area (Å²) in [6.07, 6.45) is -0.664. The highest BCUT2D eigenvalue weighted by Gasteiger charge is 2.47. The summed E-state index contributed by atoms with van der Waals surface area (Å²) < 4.78 is 48.8. The summed E-state index contributed by atoms with van der Waals surface area (Å²) in [4.78, 5) is 33.4. The van der Waals surface area contributed by atoms with Crippen molar-refractivity contribution in [2.45, 2.75) is 63.0 Å². The number of carbonyl (C=O) groups excluding carboxylic acids is 1. The fourth-order valence-corrected chi connectivity index (χ4v) is 5.55. The first-order valence-corrected chi connectivity index (χ1v) is 11.4. The summed E-state index contributed by atoms with van der Waals surface area (Å²) in [6, 6.07) is -0.0858. The fourth-order valence-electron chi connectivity index (χ4n) is 5.55. The molecule has 0 aliphatic carbocycles. The number of morpholine rings is 1. The van der Waals surface area contributed by atoms with Crippen molar-refractivity contribution in [3.63, 3.8) is 0 Å². The Kier molecular flexibility index (Phi) is 5.55. The SMILES string of the molecule is O=CN1CCC(CCN2c3nc(N4C[C@@H]5CC4CO5)cc(=O)n3CC[C@H]2C(F)(F)F)CC1. The molecule has 0 aromatic carbocycles. The Morgan fingerprint density at radius 2 is 1.97 bits per heavy atom. The van der Waals surface area contributed by atoms with Crippen molar-refractivity contribution in [2.75, 3.05) is 42.6 Å². The molecule has 4 aliphatic heterocycles. The molecule has 3 saturated heterocycles. The van der Waals surface area contributed by atoms with Crippen molar-refractivity contribution in [1.29, 1.82) is 0 Å². The molecule has 3 fully saturated rings. The zero-order chi connectivity index (χ0) is 22.5. The van der Waals surface area contributed by atoms with Gasteiger partial charge in [0.25, 0.3) is 5.56 Å². The van der Waals surface area contributed by atoms with E-state index in [1.54, 1.807) is 4.90 Å². The van der Waals surface area contributed by atoms with E-state index in [-0.39, 0.29) is 49.1 Å². The van der Waals surface area contributed by atoms with Gasteiger partial charge in [-0.2, -0.15) is 18.2 Å². The molecule has 0 saturated carbocycles. The number of likely N-dealkylation sites (tertiary alicyclic amines) is 1. The molecule has 3 atom stereocenters. The van der Waals surface area contributed by atoms with Gasteiger partial charge in [0.05, 0.1) is 18.8 Å². The Hall–Kier alpha value is -2.30. The van der Waals surface area contributed by atoms with Gasteiger partial charge in [-0.1, -0.05) is 0 Å². The van der Waals surface area contributed by atoms with Crippen molar-refractivity contribution in [3.05, 3.63) is 16.4 Å². The smallest absolute Gasteiger partial charge is 0.374 e. The maximum absolute atomic E-state index is 13.9. The summed E-state index contributed by atoms with van der Waals surface area (Å²) >= 11 is 0. The molecule has 5 rings (SSSR count). The minimum Gasteiger partial charge on any atom is -0.374 e. The number of hydrogen-bond acceptors (Lipinski definition) is 6. The lowest BCUT2D eigenvalue weighted by Gasteiger charge is -2.40. The molecule has 8 nitrogen and oxygen atoms in total. The quantitative estimate of drug-likeness (QED) is 0.629. The average Bonchev–Trinajstić information content (AvgIpc) is 3.41. The molecule has 32 heavy (non-hydrogen) atoms. The second-order valence-electron chi connectivity index (χ2n) is 9.31. The van der Waals surface area contributed by atoms with Gasteiger partial charge < -0.3 is 19.4 Å². The number of anilines is 2. The molecule has 2 bridgehead atoms. The number of ether oxygens (including phenoxy) is 1. The highest BCUT2D eigenvalue weighted by molar-refractivity contribution is 5.49. The van der Waals surface area contributed by atoms with Gasteiger partial charge in [-0.25, -0.2) is 0 Å². The van der Waals surface area contributed by atoms with Crippen LogP contribution in [-0.2, 0) is 16.1 Å². The van der Waals surface area contributed by atoms with Crippen LogP contribution in [0.2, 0.25) is 0 Å². The predicted molar refractivity (Wildman–Crippen MR) is 111 cm³/mol. The number of piperidine rings is 1. The summed E-state index contributed by atoms with van der Waals surface area (Å²) in [5, 5.41) is 0. The number of hydrogen-bond donors (Lipinski definition) is 0. The molecular weight excluding hydrogens is 427 g/mol. The van der Waals surface area contributed by atoms with Gasteiger partial charge in [0.1, 0.15) is 11.9 Å². The topological polar surface area (TPSA) is 70.9 Å². The standard InChI is InChI=1S/C21H28F3N5O3/c22-21(23,24)17-4-8-28-19(31)10-18(29-11-16-9-15(29)12-32-16)25-20(28)27(17)7-3-14-1-5-26(13-30)6-2-14/h10,13-17H,1-9,11-12H2/t15?,16-,17-/m0/s1. The van der Waals surface area contributed by atoms with Gasteiger partial charge in [0.2, 0.25) is 12.4 Å². The highest BCUT2D eigenvalue weighted by atomic mass is 19.4. The maximum atomic E-state index is 13.9. The van der Waals surface area contributed by atoms with E-state index in [4.69, 9.17) is 4.74 Å². The molecule has 1 amide bonds. The van der Waals surface area contributed by atoms with Crippen molar-refractivity contribution >= 4 is 18.2 Å². The predicted octanol–water partition coefficient (Wildman–Crippen LogP) is 1.62. The van der Waals surface area contributed by atoms with E-state index in [1.807, 2.05) is 4.90 Å². The number of halogens is 3. The molecule has 1 unspecified atom stereocenters. The van der Waals surface area contributed by atoms with Crippen LogP contribution in [-0.4, -0.2) is 78.0 Å². The number of amides is 1. The largest absolute Gasteiger partial charge is 0.408 e. The molecule has 4 aliphatic rings. The number of alkyl halides is 3. The molecule has 1 aromatic rings. The normalized spacial score (nSPS) is 28.3. The van der Waals surface area contributed by atoms with Crippen LogP contribution in [0.5, 0.6) is 0 Å². The molecule has 176 valence electrons. The van der Waals surface area contributed by atoms with Gasteiger partial charge in [0.15, 0.2) is 0 Å². The van der Waals surface area contributed by atoms with E-state index in [9.17, 15) is 22.8 Å². The molecular formula is C21H28F3N5O3. The summed E-state index contributed by atoms with van der Waals surface area (Å²) in [7, 11) is 0. The van der Waals surface area contributed by atoms with E-state index in [0.29, 0.717) is 38.5 Å². The third kappa shape index (κ3) is 3.95. The third-order valence-electron chi connectivity index (χ3n) is 7.38. The van der Waals surface area contributed by atoms with Crippen LogP contribution in [0.15, 0.2) is 10.9 Å². The fraction of sp³-hybridized carbons (Fsp3) is 0.762. The number of aromatic nitrogens is 2.